The molecule has 1 fully saturated rings. The lowest BCUT2D eigenvalue weighted by Crippen LogP contribution is -2.46. The molecule has 84 valence electrons. The topological polar surface area (TPSA) is 41.9 Å². The smallest absolute Gasteiger partial charge is 0.244 e. The first-order chi connectivity index (χ1) is 7.03. The summed E-state index contributed by atoms with van der Waals surface area (Å²) in [5.41, 5.74) is 0. The SMILES string of the molecule is CCOC1=NCC(=O)N2C[Si](C)(C)C[C@@H]12. The summed E-state index contributed by atoms with van der Waals surface area (Å²) in [4.78, 5) is 17.9. The van der Waals surface area contributed by atoms with E-state index >= 15 is 0 Å². The number of carbonyl (C=O) groups excluding carboxylic acids is 1. The van der Waals surface area contributed by atoms with Crippen molar-refractivity contribution in [2.24, 2.45) is 4.99 Å². The van der Waals surface area contributed by atoms with Gasteiger partial charge in [0.2, 0.25) is 11.8 Å². The van der Waals surface area contributed by atoms with Gasteiger partial charge in [0.15, 0.2) is 0 Å². The van der Waals surface area contributed by atoms with E-state index in [9.17, 15) is 4.79 Å². The molecule has 1 saturated heterocycles. The van der Waals surface area contributed by atoms with Crippen LogP contribution in [0.15, 0.2) is 4.99 Å². The molecule has 1 amide bonds. The Morgan fingerprint density at radius 2 is 2.33 bits per heavy atom. The number of amides is 1. The molecule has 0 aliphatic carbocycles. The highest BCUT2D eigenvalue weighted by atomic mass is 28.3. The maximum atomic E-state index is 11.7. The first-order valence-corrected chi connectivity index (χ1v) is 8.91. The van der Waals surface area contributed by atoms with Gasteiger partial charge >= 0.3 is 0 Å². The van der Waals surface area contributed by atoms with E-state index in [1.54, 1.807) is 0 Å². The van der Waals surface area contributed by atoms with Crippen LogP contribution in [0.2, 0.25) is 19.1 Å². The zero-order valence-electron chi connectivity index (χ0n) is 9.62. The number of nitrogens with zero attached hydrogens (tertiary/aromatic N) is 2. The van der Waals surface area contributed by atoms with Gasteiger partial charge in [0.1, 0.15) is 12.6 Å². The highest BCUT2D eigenvalue weighted by molar-refractivity contribution is 6.79. The molecule has 0 aromatic rings. The van der Waals surface area contributed by atoms with Gasteiger partial charge in [-0.2, -0.15) is 0 Å². The largest absolute Gasteiger partial charge is 0.480 e. The molecule has 0 radical (unpaired) electrons. The van der Waals surface area contributed by atoms with Crippen molar-refractivity contribution < 1.29 is 9.53 Å². The van der Waals surface area contributed by atoms with Crippen molar-refractivity contribution >= 4 is 19.9 Å². The van der Waals surface area contributed by atoms with E-state index < -0.39 is 8.07 Å². The number of aliphatic imine (C=N–C) groups is 1. The molecule has 4 nitrogen and oxygen atoms in total. The maximum Gasteiger partial charge on any atom is 0.244 e. The molecule has 0 saturated carbocycles. The summed E-state index contributed by atoms with van der Waals surface area (Å²) in [5.74, 6) is 0.955. The van der Waals surface area contributed by atoms with Crippen LogP contribution in [0, 0.1) is 0 Å². The summed E-state index contributed by atoms with van der Waals surface area (Å²) >= 11 is 0. The summed E-state index contributed by atoms with van der Waals surface area (Å²) in [6.45, 7) is 7.51. The Morgan fingerprint density at radius 1 is 1.60 bits per heavy atom. The van der Waals surface area contributed by atoms with Gasteiger partial charge in [-0.15, -0.1) is 0 Å². The minimum Gasteiger partial charge on any atom is -0.480 e. The molecule has 5 heteroatoms. The molecule has 0 unspecified atom stereocenters. The number of rotatable bonds is 1. The van der Waals surface area contributed by atoms with E-state index in [2.05, 4.69) is 18.1 Å². The molecule has 0 bridgehead atoms. The second-order valence-electron chi connectivity index (χ2n) is 4.99. The average molecular weight is 226 g/mol. The number of ether oxygens (including phenoxy) is 1. The van der Waals surface area contributed by atoms with Crippen molar-refractivity contribution in [1.82, 2.24) is 4.90 Å². The van der Waals surface area contributed by atoms with Gasteiger partial charge in [-0.3, -0.25) is 4.79 Å². The van der Waals surface area contributed by atoms with Gasteiger partial charge in [-0.25, -0.2) is 4.99 Å². The molecular weight excluding hydrogens is 208 g/mol. The van der Waals surface area contributed by atoms with E-state index in [0.29, 0.717) is 6.61 Å². The number of carbonyl (C=O) groups is 1. The quantitative estimate of drug-likeness (QED) is 0.623. The Hall–Kier alpha value is -0.843. The van der Waals surface area contributed by atoms with Crippen molar-refractivity contribution in [3.05, 3.63) is 0 Å². The molecule has 0 aromatic carbocycles. The molecule has 2 rings (SSSR count). The molecule has 0 aromatic heterocycles. The Balaban J connectivity index is 2.21. The van der Waals surface area contributed by atoms with E-state index in [4.69, 9.17) is 4.74 Å². The predicted molar refractivity (Wildman–Crippen MR) is 61.7 cm³/mol. The van der Waals surface area contributed by atoms with Crippen molar-refractivity contribution in [3.8, 4) is 0 Å². The van der Waals surface area contributed by atoms with Gasteiger partial charge < -0.3 is 9.64 Å². The maximum absolute atomic E-state index is 11.7. The summed E-state index contributed by atoms with van der Waals surface area (Å²) in [5, 5.41) is 0. The van der Waals surface area contributed by atoms with E-state index in [1.807, 2.05) is 11.8 Å². The van der Waals surface area contributed by atoms with Crippen molar-refractivity contribution in [2.75, 3.05) is 19.3 Å². The van der Waals surface area contributed by atoms with Crippen molar-refractivity contribution in [2.45, 2.75) is 32.1 Å². The Labute approximate surface area is 91.3 Å². The van der Waals surface area contributed by atoms with Gasteiger partial charge in [-0.1, -0.05) is 13.1 Å². The zero-order valence-corrected chi connectivity index (χ0v) is 10.6. The number of fused-ring (bicyclic) bond motifs is 1. The standard InChI is InChI=1S/C10H18N2O2Si/c1-4-14-10-8-6-15(2,3)7-12(8)9(13)5-11-10/h8H,4-7H2,1-3H3/t8-/m0/s1. The normalized spacial score (nSPS) is 28.7. The Bertz CT molecular complexity index is 315. The van der Waals surface area contributed by atoms with Gasteiger partial charge in [0.25, 0.3) is 0 Å². The minimum atomic E-state index is -1.24. The third kappa shape index (κ3) is 1.93. The van der Waals surface area contributed by atoms with Crippen molar-refractivity contribution in [3.63, 3.8) is 0 Å². The van der Waals surface area contributed by atoms with Crippen LogP contribution in [-0.4, -0.2) is 50.1 Å². The number of hydrogen-bond acceptors (Lipinski definition) is 3. The van der Waals surface area contributed by atoms with Gasteiger partial charge in [0, 0.05) is 6.17 Å². The Kier molecular flexibility index (Phi) is 2.58. The van der Waals surface area contributed by atoms with Crippen molar-refractivity contribution in [1.29, 1.82) is 0 Å². The summed E-state index contributed by atoms with van der Waals surface area (Å²) in [7, 11) is -1.24. The Morgan fingerprint density at radius 3 is 3.00 bits per heavy atom. The second kappa shape index (κ2) is 3.63. The fourth-order valence-corrected chi connectivity index (χ4v) is 5.27. The zero-order chi connectivity index (χ0) is 11.1. The number of hydrogen-bond donors (Lipinski definition) is 0. The highest BCUT2D eigenvalue weighted by Gasteiger charge is 2.45. The lowest BCUT2D eigenvalue weighted by atomic mass is 10.2. The molecule has 15 heavy (non-hydrogen) atoms. The fourth-order valence-electron chi connectivity index (χ4n) is 2.38. The van der Waals surface area contributed by atoms with Crippen LogP contribution in [0.25, 0.3) is 0 Å². The van der Waals surface area contributed by atoms with Crippen LogP contribution in [0.3, 0.4) is 0 Å². The minimum absolute atomic E-state index is 0.146. The van der Waals surface area contributed by atoms with Crippen LogP contribution in [-0.2, 0) is 9.53 Å². The van der Waals surface area contributed by atoms with Crippen LogP contribution >= 0.6 is 0 Å². The van der Waals surface area contributed by atoms with E-state index in [0.717, 1.165) is 18.1 Å². The third-order valence-corrected chi connectivity index (χ3v) is 5.68. The molecule has 0 N–H and O–H groups in total. The van der Waals surface area contributed by atoms with E-state index in [1.165, 1.54) is 0 Å². The predicted octanol–water partition coefficient (Wildman–Crippen LogP) is 0.893. The lowest BCUT2D eigenvalue weighted by Gasteiger charge is -2.28. The summed E-state index contributed by atoms with van der Waals surface area (Å²) < 4.78 is 5.52. The summed E-state index contributed by atoms with van der Waals surface area (Å²) in [6, 6.07) is 1.24. The molecule has 2 heterocycles. The molecular formula is C10H18N2O2Si. The lowest BCUT2D eigenvalue weighted by molar-refractivity contribution is -0.130. The first-order valence-electron chi connectivity index (χ1n) is 5.50. The molecule has 2 aliphatic rings. The second-order valence-corrected chi connectivity index (χ2v) is 10.0. The monoisotopic (exact) mass is 226 g/mol. The van der Waals surface area contributed by atoms with Crippen LogP contribution in [0.5, 0.6) is 0 Å². The molecule has 1 atom stereocenters. The van der Waals surface area contributed by atoms with Gasteiger partial charge in [-0.05, 0) is 13.0 Å². The van der Waals surface area contributed by atoms with Crippen LogP contribution in [0.1, 0.15) is 6.92 Å². The molecule has 2 aliphatic heterocycles. The average Bonchev–Trinajstić information content (AvgIpc) is 2.47. The van der Waals surface area contributed by atoms with Crippen LogP contribution in [0.4, 0.5) is 0 Å². The first kappa shape index (κ1) is 10.7. The molecule has 0 spiro atoms. The fraction of sp³-hybridized carbons (Fsp3) is 0.800. The highest BCUT2D eigenvalue weighted by Crippen LogP contribution is 2.29. The van der Waals surface area contributed by atoms with Crippen LogP contribution < -0.4 is 0 Å². The van der Waals surface area contributed by atoms with Gasteiger partial charge in [0.05, 0.1) is 14.7 Å². The summed E-state index contributed by atoms with van der Waals surface area (Å²) in [6.07, 6.45) is 0.961. The third-order valence-electron chi connectivity index (χ3n) is 2.99. The van der Waals surface area contributed by atoms with E-state index in [-0.39, 0.29) is 18.5 Å².